The third-order valence-corrected chi connectivity index (χ3v) is 5.45. The van der Waals surface area contributed by atoms with Gasteiger partial charge in [-0.2, -0.15) is 0 Å². The van der Waals surface area contributed by atoms with Gasteiger partial charge in [-0.3, -0.25) is 0 Å². The van der Waals surface area contributed by atoms with Gasteiger partial charge in [0.2, 0.25) is 10.0 Å². The Morgan fingerprint density at radius 3 is 2.55 bits per heavy atom. The molecule has 4 nitrogen and oxygen atoms in total. The minimum atomic E-state index is -3.23. The molecule has 0 aliphatic heterocycles. The second-order valence-electron chi connectivity index (χ2n) is 5.56. The highest BCUT2D eigenvalue weighted by Gasteiger charge is 2.27. The van der Waals surface area contributed by atoms with Gasteiger partial charge in [0.25, 0.3) is 0 Å². The van der Waals surface area contributed by atoms with Gasteiger partial charge in [-0.1, -0.05) is 43.2 Å². The molecule has 3 N–H and O–H groups in total. The van der Waals surface area contributed by atoms with Gasteiger partial charge in [0.15, 0.2) is 0 Å². The van der Waals surface area contributed by atoms with Crippen molar-refractivity contribution in [2.24, 2.45) is 11.7 Å². The molecule has 112 valence electrons. The summed E-state index contributed by atoms with van der Waals surface area (Å²) in [5.74, 6) is 0.431. The Labute approximate surface area is 121 Å². The Hall–Kier alpha value is -0.910. The molecule has 5 heteroatoms. The summed E-state index contributed by atoms with van der Waals surface area (Å²) in [7, 11) is -3.23. The van der Waals surface area contributed by atoms with Crippen molar-refractivity contribution in [2.75, 3.05) is 12.3 Å². The summed E-state index contributed by atoms with van der Waals surface area (Å²) in [6, 6.07) is 9.73. The molecule has 0 saturated heterocycles. The number of aryl methyl sites for hydroxylation is 1. The van der Waals surface area contributed by atoms with Crippen molar-refractivity contribution < 1.29 is 8.42 Å². The van der Waals surface area contributed by atoms with E-state index in [0.29, 0.717) is 13.0 Å². The van der Waals surface area contributed by atoms with Crippen LogP contribution in [0.1, 0.15) is 31.2 Å². The van der Waals surface area contributed by atoms with Crippen LogP contribution in [-0.4, -0.2) is 26.8 Å². The zero-order valence-corrected chi connectivity index (χ0v) is 12.6. The van der Waals surface area contributed by atoms with Crippen LogP contribution in [0.5, 0.6) is 0 Å². The van der Waals surface area contributed by atoms with E-state index in [1.165, 1.54) is 0 Å². The van der Waals surface area contributed by atoms with Crippen LogP contribution in [0.2, 0.25) is 0 Å². The maximum absolute atomic E-state index is 12.2. The molecule has 20 heavy (non-hydrogen) atoms. The summed E-state index contributed by atoms with van der Waals surface area (Å²) >= 11 is 0. The van der Waals surface area contributed by atoms with E-state index in [1.807, 2.05) is 30.3 Å². The average molecular weight is 296 g/mol. The second kappa shape index (κ2) is 7.20. The Morgan fingerprint density at radius 1 is 1.15 bits per heavy atom. The second-order valence-corrected chi connectivity index (χ2v) is 7.43. The first-order valence-electron chi connectivity index (χ1n) is 7.35. The predicted molar refractivity (Wildman–Crippen MR) is 81.9 cm³/mol. The summed E-state index contributed by atoms with van der Waals surface area (Å²) in [5.41, 5.74) is 6.80. The molecule has 1 aromatic carbocycles. The smallest absolute Gasteiger partial charge is 0.212 e. The molecule has 0 aromatic heterocycles. The van der Waals surface area contributed by atoms with Crippen LogP contribution in [0.25, 0.3) is 0 Å². The highest BCUT2D eigenvalue weighted by Crippen LogP contribution is 2.24. The van der Waals surface area contributed by atoms with E-state index in [1.54, 1.807) is 0 Å². The van der Waals surface area contributed by atoms with Crippen molar-refractivity contribution in [3.63, 3.8) is 0 Å². The number of hydrogen-bond acceptors (Lipinski definition) is 3. The summed E-state index contributed by atoms with van der Waals surface area (Å²) in [6.45, 7) is 0.561. The Kier molecular flexibility index (Phi) is 5.57. The first kappa shape index (κ1) is 15.5. The van der Waals surface area contributed by atoms with Crippen molar-refractivity contribution in [2.45, 2.75) is 38.1 Å². The van der Waals surface area contributed by atoms with E-state index in [4.69, 9.17) is 5.73 Å². The Morgan fingerprint density at radius 2 is 1.85 bits per heavy atom. The van der Waals surface area contributed by atoms with Crippen molar-refractivity contribution in [1.29, 1.82) is 0 Å². The lowest BCUT2D eigenvalue weighted by Gasteiger charge is -2.31. The molecule has 0 radical (unpaired) electrons. The molecule has 1 saturated carbocycles. The molecule has 1 aliphatic rings. The third-order valence-electron chi connectivity index (χ3n) is 4.05. The minimum Gasteiger partial charge on any atom is -0.330 e. The van der Waals surface area contributed by atoms with Gasteiger partial charge in [0.1, 0.15) is 0 Å². The number of sulfonamides is 1. The van der Waals surface area contributed by atoms with Crippen LogP contribution in [0.4, 0.5) is 0 Å². The van der Waals surface area contributed by atoms with Gasteiger partial charge in [-0.15, -0.1) is 0 Å². The highest BCUT2D eigenvalue weighted by molar-refractivity contribution is 7.89. The number of rotatable bonds is 6. The van der Waals surface area contributed by atoms with Gasteiger partial charge in [-0.25, -0.2) is 13.1 Å². The normalized spacial score (nSPS) is 23.6. The van der Waals surface area contributed by atoms with Crippen molar-refractivity contribution in [3.8, 4) is 0 Å². The van der Waals surface area contributed by atoms with Gasteiger partial charge < -0.3 is 5.73 Å². The fraction of sp³-hybridized carbons (Fsp3) is 0.600. The number of hydrogen-bond donors (Lipinski definition) is 2. The van der Waals surface area contributed by atoms with Crippen LogP contribution >= 0.6 is 0 Å². The van der Waals surface area contributed by atoms with Crippen molar-refractivity contribution in [3.05, 3.63) is 35.9 Å². The molecule has 2 atom stereocenters. The summed E-state index contributed by atoms with van der Waals surface area (Å²) in [6.07, 6.45) is 4.73. The van der Waals surface area contributed by atoms with Gasteiger partial charge in [0, 0.05) is 6.04 Å². The SMILES string of the molecule is NC[C@@H]1CCCC[C@@H]1NS(=O)(=O)CCc1ccccc1. The van der Waals surface area contributed by atoms with E-state index in [2.05, 4.69) is 4.72 Å². The van der Waals surface area contributed by atoms with Gasteiger partial charge in [0.05, 0.1) is 5.75 Å². The van der Waals surface area contributed by atoms with Crippen LogP contribution in [0, 0.1) is 5.92 Å². The zero-order valence-electron chi connectivity index (χ0n) is 11.8. The fourth-order valence-corrected chi connectivity index (χ4v) is 4.23. The quantitative estimate of drug-likeness (QED) is 0.838. The maximum Gasteiger partial charge on any atom is 0.212 e. The molecule has 0 amide bonds. The number of nitrogens with two attached hydrogens (primary N) is 1. The molecule has 0 unspecified atom stereocenters. The highest BCUT2D eigenvalue weighted by atomic mass is 32.2. The lowest BCUT2D eigenvalue weighted by molar-refractivity contribution is 0.296. The van der Waals surface area contributed by atoms with Crippen LogP contribution in [0.3, 0.4) is 0 Å². The van der Waals surface area contributed by atoms with E-state index in [0.717, 1.165) is 31.2 Å². The number of benzene rings is 1. The summed E-state index contributed by atoms with van der Waals surface area (Å²) in [4.78, 5) is 0. The molecule has 1 aliphatic carbocycles. The fourth-order valence-electron chi connectivity index (χ4n) is 2.83. The van der Waals surface area contributed by atoms with Gasteiger partial charge >= 0.3 is 0 Å². The molecule has 2 rings (SSSR count). The Bertz CT molecular complexity index is 502. The Balaban J connectivity index is 1.90. The predicted octanol–water partition coefficient (Wildman–Crippen LogP) is 1.67. The lowest BCUT2D eigenvalue weighted by Crippen LogP contribution is -2.45. The summed E-state index contributed by atoms with van der Waals surface area (Å²) < 4.78 is 27.2. The average Bonchev–Trinajstić information content (AvgIpc) is 2.47. The third kappa shape index (κ3) is 4.58. The monoisotopic (exact) mass is 296 g/mol. The van der Waals surface area contributed by atoms with Crippen LogP contribution in [-0.2, 0) is 16.4 Å². The molecule has 1 aromatic rings. The van der Waals surface area contributed by atoms with E-state index in [9.17, 15) is 8.42 Å². The largest absolute Gasteiger partial charge is 0.330 e. The maximum atomic E-state index is 12.2. The molecular weight excluding hydrogens is 272 g/mol. The minimum absolute atomic E-state index is 0.0227. The van der Waals surface area contributed by atoms with Crippen LogP contribution in [0.15, 0.2) is 30.3 Å². The first-order valence-corrected chi connectivity index (χ1v) is 9.00. The topological polar surface area (TPSA) is 72.2 Å². The molecule has 1 fully saturated rings. The van der Waals surface area contributed by atoms with Crippen molar-refractivity contribution in [1.82, 2.24) is 4.72 Å². The molecule has 0 heterocycles. The van der Waals surface area contributed by atoms with E-state index in [-0.39, 0.29) is 17.7 Å². The summed E-state index contributed by atoms with van der Waals surface area (Å²) in [5, 5.41) is 0. The number of nitrogens with one attached hydrogen (secondary N) is 1. The molecule has 0 bridgehead atoms. The molecular formula is C15H24N2O2S. The van der Waals surface area contributed by atoms with Crippen molar-refractivity contribution >= 4 is 10.0 Å². The first-order chi connectivity index (χ1) is 9.61. The lowest BCUT2D eigenvalue weighted by atomic mass is 9.85. The standard InChI is InChI=1S/C15H24N2O2S/c16-12-14-8-4-5-9-15(14)17-20(18,19)11-10-13-6-2-1-3-7-13/h1-3,6-7,14-15,17H,4-5,8-12,16H2/t14-,15-/m0/s1. The molecule has 0 spiro atoms. The van der Waals surface area contributed by atoms with Crippen LogP contribution < -0.4 is 10.5 Å². The van der Waals surface area contributed by atoms with E-state index >= 15 is 0 Å². The zero-order chi connectivity index (χ0) is 14.4. The van der Waals surface area contributed by atoms with E-state index < -0.39 is 10.0 Å². The van der Waals surface area contributed by atoms with Gasteiger partial charge in [-0.05, 0) is 37.3 Å².